The van der Waals surface area contributed by atoms with Gasteiger partial charge in [0, 0.05) is 17.1 Å². The van der Waals surface area contributed by atoms with Gasteiger partial charge in [-0.2, -0.15) is 0 Å². The van der Waals surface area contributed by atoms with Crippen molar-refractivity contribution in [2.75, 3.05) is 17.7 Å². The third kappa shape index (κ3) is 5.14. The Bertz CT molecular complexity index is 1050. The number of nitro benzene ring substituents is 1. The minimum absolute atomic E-state index is 0.0866. The lowest BCUT2D eigenvalue weighted by molar-refractivity contribution is -0.385. The second kappa shape index (κ2) is 8.93. The molecule has 0 fully saturated rings. The SMILES string of the molecule is COc1ccc(NC(=O)c2csc(NC(=O)Cc3ccccc3)n2)cc1[N+](=O)[O-]. The summed E-state index contributed by atoms with van der Waals surface area (Å²) >= 11 is 1.11. The molecule has 1 heterocycles. The van der Waals surface area contributed by atoms with E-state index >= 15 is 0 Å². The fourth-order valence-electron chi connectivity index (χ4n) is 2.49. The first-order valence-corrected chi connectivity index (χ1v) is 9.27. The number of amides is 2. The van der Waals surface area contributed by atoms with Gasteiger partial charge in [-0.25, -0.2) is 4.98 Å². The predicted octanol–water partition coefficient (Wildman–Crippen LogP) is 3.49. The molecular weight excluding hydrogens is 396 g/mol. The van der Waals surface area contributed by atoms with Gasteiger partial charge in [0.25, 0.3) is 5.91 Å². The highest BCUT2D eigenvalue weighted by molar-refractivity contribution is 7.14. The highest BCUT2D eigenvalue weighted by atomic mass is 32.1. The van der Waals surface area contributed by atoms with Crippen molar-refractivity contribution in [2.45, 2.75) is 6.42 Å². The molecule has 2 amide bonds. The Morgan fingerprint density at radius 2 is 1.93 bits per heavy atom. The zero-order valence-electron chi connectivity index (χ0n) is 15.2. The molecule has 29 heavy (non-hydrogen) atoms. The van der Waals surface area contributed by atoms with Crippen molar-refractivity contribution < 1.29 is 19.2 Å². The molecule has 0 aliphatic rings. The summed E-state index contributed by atoms with van der Waals surface area (Å²) < 4.78 is 4.93. The molecule has 1 aromatic heterocycles. The van der Waals surface area contributed by atoms with E-state index in [1.807, 2.05) is 30.3 Å². The number of methoxy groups -OCH3 is 1. The number of ether oxygens (including phenoxy) is 1. The summed E-state index contributed by atoms with van der Waals surface area (Å²) in [5.74, 6) is -0.711. The summed E-state index contributed by atoms with van der Waals surface area (Å²) in [7, 11) is 1.32. The molecule has 0 saturated heterocycles. The van der Waals surface area contributed by atoms with Gasteiger partial charge >= 0.3 is 5.69 Å². The number of aromatic nitrogens is 1. The van der Waals surface area contributed by atoms with Crippen molar-refractivity contribution in [1.29, 1.82) is 0 Å². The fraction of sp³-hybridized carbons (Fsp3) is 0.105. The average molecular weight is 412 g/mol. The summed E-state index contributed by atoms with van der Waals surface area (Å²) in [5, 5.41) is 18.1. The van der Waals surface area contributed by atoms with Gasteiger partial charge in [0.15, 0.2) is 10.9 Å². The molecular formula is C19H16N4O5S. The first-order valence-electron chi connectivity index (χ1n) is 8.39. The number of hydrogen-bond donors (Lipinski definition) is 2. The van der Waals surface area contributed by atoms with Crippen LogP contribution in [0.3, 0.4) is 0 Å². The molecule has 0 unspecified atom stereocenters. The highest BCUT2D eigenvalue weighted by Crippen LogP contribution is 2.30. The molecule has 0 aliphatic heterocycles. The monoisotopic (exact) mass is 412 g/mol. The molecule has 0 bridgehead atoms. The van der Waals surface area contributed by atoms with Crippen molar-refractivity contribution in [2.24, 2.45) is 0 Å². The molecule has 0 saturated carbocycles. The van der Waals surface area contributed by atoms with Crippen LogP contribution in [0.4, 0.5) is 16.5 Å². The van der Waals surface area contributed by atoms with Gasteiger partial charge in [-0.05, 0) is 17.7 Å². The summed E-state index contributed by atoms with van der Waals surface area (Å²) in [6.07, 6.45) is 0.192. The Labute approximate surface area is 169 Å². The van der Waals surface area contributed by atoms with E-state index in [1.165, 1.54) is 30.7 Å². The number of carbonyl (C=O) groups is 2. The summed E-state index contributed by atoms with van der Waals surface area (Å²) in [6, 6.07) is 13.3. The predicted molar refractivity (Wildman–Crippen MR) is 108 cm³/mol. The Balaban J connectivity index is 1.64. The van der Waals surface area contributed by atoms with E-state index in [9.17, 15) is 19.7 Å². The van der Waals surface area contributed by atoms with Crippen LogP contribution in [0.5, 0.6) is 5.75 Å². The summed E-state index contributed by atoms with van der Waals surface area (Å²) in [6.45, 7) is 0. The summed E-state index contributed by atoms with van der Waals surface area (Å²) in [5.41, 5.74) is 0.909. The average Bonchev–Trinajstić information content (AvgIpc) is 3.17. The number of hydrogen-bond acceptors (Lipinski definition) is 7. The molecule has 10 heteroatoms. The van der Waals surface area contributed by atoms with E-state index in [0.29, 0.717) is 0 Å². The van der Waals surface area contributed by atoms with Gasteiger partial charge in [0.1, 0.15) is 5.69 Å². The number of thiazole rings is 1. The van der Waals surface area contributed by atoms with Crippen LogP contribution in [0.15, 0.2) is 53.9 Å². The Kier molecular flexibility index (Phi) is 6.15. The van der Waals surface area contributed by atoms with E-state index in [-0.39, 0.29) is 40.3 Å². The third-order valence-electron chi connectivity index (χ3n) is 3.82. The lowest BCUT2D eigenvalue weighted by Crippen LogP contribution is -2.15. The molecule has 148 valence electrons. The van der Waals surface area contributed by atoms with Gasteiger partial charge in [0.2, 0.25) is 5.91 Å². The van der Waals surface area contributed by atoms with Crippen molar-refractivity contribution in [3.63, 3.8) is 0 Å². The quantitative estimate of drug-likeness (QED) is 0.452. The molecule has 9 nitrogen and oxygen atoms in total. The zero-order chi connectivity index (χ0) is 20.8. The molecule has 2 N–H and O–H groups in total. The van der Waals surface area contributed by atoms with Gasteiger partial charge in [-0.3, -0.25) is 19.7 Å². The van der Waals surface area contributed by atoms with Gasteiger partial charge < -0.3 is 15.4 Å². The summed E-state index contributed by atoms with van der Waals surface area (Å²) in [4.78, 5) is 39.0. The number of rotatable bonds is 7. The van der Waals surface area contributed by atoms with Crippen LogP contribution in [-0.2, 0) is 11.2 Å². The minimum Gasteiger partial charge on any atom is -0.490 e. The van der Waals surface area contributed by atoms with E-state index in [1.54, 1.807) is 0 Å². The Morgan fingerprint density at radius 1 is 1.17 bits per heavy atom. The standard InChI is InChI=1S/C19H16N4O5S/c1-28-16-8-7-13(10-15(16)23(26)27)20-18(25)14-11-29-19(21-14)22-17(24)9-12-5-3-2-4-6-12/h2-8,10-11H,9H2,1H3,(H,20,25)(H,21,22,24). The smallest absolute Gasteiger partial charge is 0.312 e. The number of nitro groups is 1. The fourth-order valence-corrected chi connectivity index (χ4v) is 3.19. The normalized spacial score (nSPS) is 10.2. The second-order valence-electron chi connectivity index (χ2n) is 5.85. The topological polar surface area (TPSA) is 123 Å². The molecule has 0 radical (unpaired) electrons. The minimum atomic E-state index is -0.600. The van der Waals surface area contributed by atoms with Crippen molar-refractivity contribution in [3.8, 4) is 5.75 Å². The molecule has 0 spiro atoms. The van der Waals surface area contributed by atoms with Crippen LogP contribution in [0.2, 0.25) is 0 Å². The second-order valence-corrected chi connectivity index (χ2v) is 6.70. The number of nitrogens with zero attached hydrogens (tertiary/aromatic N) is 2. The highest BCUT2D eigenvalue weighted by Gasteiger charge is 2.18. The van der Waals surface area contributed by atoms with Gasteiger partial charge in [-0.1, -0.05) is 30.3 Å². The van der Waals surface area contributed by atoms with Gasteiger partial charge in [0.05, 0.1) is 18.5 Å². The maximum atomic E-state index is 12.4. The van der Waals surface area contributed by atoms with Crippen LogP contribution in [-0.4, -0.2) is 28.8 Å². The van der Waals surface area contributed by atoms with Crippen LogP contribution < -0.4 is 15.4 Å². The van der Waals surface area contributed by atoms with E-state index in [2.05, 4.69) is 15.6 Å². The van der Waals surface area contributed by atoms with E-state index < -0.39 is 10.8 Å². The van der Waals surface area contributed by atoms with Crippen LogP contribution in [0.25, 0.3) is 0 Å². The first-order chi connectivity index (χ1) is 14.0. The van der Waals surface area contributed by atoms with Crippen LogP contribution in [0.1, 0.15) is 16.1 Å². The van der Waals surface area contributed by atoms with E-state index in [0.717, 1.165) is 16.9 Å². The maximum Gasteiger partial charge on any atom is 0.312 e. The number of nitrogens with one attached hydrogen (secondary N) is 2. The number of carbonyl (C=O) groups excluding carboxylic acids is 2. The molecule has 0 atom stereocenters. The van der Waals surface area contributed by atoms with Crippen molar-refractivity contribution in [3.05, 3.63) is 75.3 Å². The van der Waals surface area contributed by atoms with Gasteiger partial charge in [-0.15, -0.1) is 11.3 Å². The van der Waals surface area contributed by atoms with Crippen molar-refractivity contribution >= 4 is 39.7 Å². The molecule has 3 aromatic rings. The largest absolute Gasteiger partial charge is 0.490 e. The lowest BCUT2D eigenvalue weighted by Gasteiger charge is -2.06. The molecule has 2 aromatic carbocycles. The maximum absolute atomic E-state index is 12.4. The Morgan fingerprint density at radius 3 is 2.62 bits per heavy atom. The first kappa shape index (κ1) is 20.0. The van der Waals surface area contributed by atoms with Crippen molar-refractivity contribution in [1.82, 2.24) is 4.98 Å². The van der Waals surface area contributed by atoms with Crippen LogP contribution in [0, 0.1) is 10.1 Å². The number of anilines is 2. The van der Waals surface area contributed by atoms with E-state index in [4.69, 9.17) is 4.74 Å². The number of benzene rings is 2. The molecule has 3 rings (SSSR count). The Hall–Kier alpha value is -3.79. The zero-order valence-corrected chi connectivity index (χ0v) is 16.1. The lowest BCUT2D eigenvalue weighted by atomic mass is 10.1. The van der Waals surface area contributed by atoms with Crippen LogP contribution >= 0.6 is 11.3 Å². The molecule has 0 aliphatic carbocycles. The third-order valence-corrected chi connectivity index (χ3v) is 4.58.